The fourth-order valence-electron chi connectivity index (χ4n) is 4.35. The highest BCUT2D eigenvalue weighted by atomic mass is 28.4. The highest BCUT2D eigenvalue weighted by Gasteiger charge is 2.38. The second-order valence-corrected chi connectivity index (χ2v) is 16.7. The Kier molecular flexibility index (Phi) is 8.13. The van der Waals surface area contributed by atoms with E-state index in [0.717, 1.165) is 28.1 Å². The van der Waals surface area contributed by atoms with E-state index in [0.29, 0.717) is 31.1 Å². The van der Waals surface area contributed by atoms with E-state index in [4.69, 9.17) is 9.16 Å². The first-order chi connectivity index (χ1) is 18.0. The Bertz CT molecular complexity index is 1350. The molecule has 4 nitrogen and oxygen atoms in total. The summed E-state index contributed by atoms with van der Waals surface area (Å²) in [5.74, 6) is -1.68. The lowest BCUT2D eigenvalue weighted by atomic mass is 9.88. The van der Waals surface area contributed by atoms with Gasteiger partial charge in [0.05, 0.1) is 12.2 Å². The predicted molar refractivity (Wildman–Crippen MR) is 144 cm³/mol. The van der Waals surface area contributed by atoms with Crippen molar-refractivity contribution in [2.45, 2.75) is 90.1 Å². The number of aromatic nitrogens is 1. The summed E-state index contributed by atoms with van der Waals surface area (Å²) in [7, 11) is -2.04. The van der Waals surface area contributed by atoms with Gasteiger partial charge in [0.15, 0.2) is 8.32 Å². The van der Waals surface area contributed by atoms with Crippen molar-refractivity contribution in [2.75, 3.05) is 0 Å². The first-order valence-corrected chi connectivity index (χ1v) is 15.9. The quantitative estimate of drug-likeness (QED) is 0.221. The number of fused-ring (bicyclic) bond motifs is 1. The van der Waals surface area contributed by atoms with Crippen molar-refractivity contribution in [2.24, 2.45) is 0 Å². The van der Waals surface area contributed by atoms with Gasteiger partial charge in [0, 0.05) is 35.4 Å². The molecule has 0 unspecified atom stereocenters. The topological polar surface area (TPSA) is 43.4 Å². The van der Waals surface area contributed by atoms with Gasteiger partial charge in [-0.25, -0.2) is 8.78 Å². The third-order valence-electron chi connectivity index (χ3n) is 7.90. The SMILES string of the molecule is Cc1cc2c(CNC3CC(Oc4ccc(F)c(C(F)(F)F)c4)C3)c(F)cc(CO[Si](C)(C)C(C)(C)C)c2cn1. The Morgan fingerprint density at radius 2 is 1.69 bits per heavy atom. The number of hydrogen-bond donors (Lipinski definition) is 1. The molecule has 212 valence electrons. The average molecular weight is 567 g/mol. The van der Waals surface area contributed by atoms with Gasteiger partial charge in [0.2, 0.25) is 0 Å². The van der Waals surface area contributed by atoms with Crippen LogP contribution in [0.3, 0.4) is 0 Å². The molecule has 1 fully saturated rings. The van der Waals surface area contributed by atoms with Crippen molar-refractivity contribution < 1.29 is 31.1 Å². The summed E-state index contributed by atoms with van der Waals surface area (Å²) in [5, 5.41) is 5.00. The Hall–Kier alpha value is -2.56. The Labute approximate surface area is 227 Å². The molecule has 0 atom stereocenters. The maximum Gasteiger partial charge on any atom is 0.419 e. The molecule has 4 rings (SSSR count). The van der Waals surface area contributed by atoms with Gasteiger partial charge in [-0.15, -0.1) is 0 Å². The number of ether oxygens (including phenoxy) is 1. The molecule has 3 aromatic rings. The summed E-state index contributed by atoms with van der Waals surface area (Å²) in [6, 6.07) is 6.06. The molecule has 2 aromatic carbocycles. The van der Waals surface area contributed by atoms with E-state index in [1.807, 2.05) is 13.0 Å². The molecule has 0 saturated heterocycles. The molecular weight excluding hydrogens is 531 g/mol. The molecule has 1 saturated carbocycles. The number of nitrogens with one attached hydrogen (secondary N) is 1. The number of hydrogen-bond acceptors (Lipinski definition) is 4. The van der Waals surface area contributed by atoms with Crippen molar-refractivity contribution >= 4 is 19.1 Å². The van der Waals surface area contributed by atoms with Crippen LogP contribution in [-0.2, 0) is 23.8 Å². The Morgan fingerprint density at radius 3 is 2.33 bits per heavy atom. The minimum atomic E-state index is -4.79. The van der Waals surface area contributed by atoms with Crippen LogP contribution in [0, 0.1) is 18.6 Å². The minimum Gasteiger partial charge on any atom is -0.490 e. The molecule has 1 heterocycles. The van der Waals surface area contributed by atoms with Crippen LogP contribution >= 0.6 is 0 Å². The van der Waals surface area contributed by atoms with Crippen LogP contribution in [0.5, 0.6) is 5.75 Å². The van der Waals surface area contributed by atoms with Crippen LogP contribution in [0.1, 0.15) is 56.0 Å². The lowest BCUT2D eigenvalue weighted by molar-refractivity contribution is -0.140. The molecule has 1 aliphatic rings. The Balaban J connectivity index is 1.42. The molecule has 0 bridgehead atoms. The van der Waals surface area contributed by atoms with Gasteiger partial charge in [-0.3, -0.25) is 4.98 Å². The Morgan fingerprint density at radius 1 is 1.00 bits per heavy atom. The summed E-state index contributed by atoms with van der Waals surface area (Å²) in [6.07, 6.45) is -2.25. The van der Waals surface area contributed by atoms with Crippen molar-refractivity contribution in [3.63, 3.8) is 0 Å². The molecule has 0 radical (unpaired) electrons. The lowest BCUT2D eigenvalue weighted by Crippen LogP contribution is -2.46. The summed E-state index contributed by atoms with van der Waals surface area (Å²) < 4.78 is 79.9. The fourth-order valence-corrected chi connectivity index (χ4v) is 5.30. The van der Waals surface area contributed by atoms with Gasteiger partial charge in [-0.2, -0.15) is 13.2 Å². The van der Waals surface area contributed by atoms with Crippen LogP contribution < -0.4 is 10.1 Å². The highest BCUT2D eigenvalue weighted by molar-refractivity contribution is 6.74. The summed E-state index contributed by atoms with van der Waals surface area (Å²) in [4.78, 5) is 4.43. The van der Waals surface area contributed by atoms with Gasteiger partial charge in [0.25, 0.3) is 0 Å². The van der Waals surface area contributed by atoms with Gasteiger partial charge in [-0.1, -0.05) is 20.8 Å². The van der Waals surface area contributed by atoms with Crippen LogP contribution in [0.15, 0.2) is 36.5 Å². The van der Waals surface area contributed by atoms with E-state index in [1.165, 1.54) is 12.1 Å². The second-order valence-electron chi connectivity index (χ2n) is 11.8. The van der Waals surface area contributed by atoms with Crippen LogP contribution in [0.2, 0.25) is 18.1 Å². The fraction of sp³-hybridized carbons (Fsp3) is 0.483. The van der Waals surface area contributed by atoms with Gasteiger partial charge in [0.1, 0.15) is 23.5 Å². The first kappa shape index (κ1) is 29.4. The van der Waals surface area contributed by atoms with Crippen molar-refractivity contribution in [3.05, 3.63) is 70.5 Å². The van der Waals surface area contributed by atoms with Crippen molar-refractivity contribution in [1.29, 1.82) is 0 Å². The van der Waals surface area contributed by atoms with Crippen molar-refractivity contribution in [3.8, 4) is 5.75 Å². The monoisotopic (exact) mass is 566 g/mol. The zero-order valence-corrected chi connectivity index (χ0v) is 24.1. The molecule has 0 aliphatic heterocycles. The maximum absolute atomic E-state index is 15.4. The molecular formula is C29H35F5N2O2Si. The molecule has 1 aromatic heterocycles. The molecule has 10 heteroatoms. The second kappa shape index (κ2) is 10.8. The van der Waals surface area contributed by atoms with Crippen LogP contribution in [-0.4, -0.2) is 25.4 Å². The third-order valence-corrected chi connectivity index (χ3v) is 12.4. The van der Waals surface area contributed by atoms with E-state index < -0.39 is 25.9 Å². The lowest BCUT2D eigenvalue weighted by Gasteiger charge is -2.36. The van der Waals surface area contributed by atoms with Crippen LogP contribution in [0.25, 0.3) is 10.8 Å². The van der Waals surface area contributed by atoms with Crippen LogP contribution in [0.4, 0.5) is 22.0 Å². The number of halogens is 5. The summed E-state index contributed by atoms with van der Waals surface area (Å²) in [6.45, 7) is 13.2. The standard InChI is InChI=1S/C29H35F5N2O2Si/c1-17-9-22-23(14-35-17)18(16-37-39(5,6)28(2,3)4)10-27(31)24(22)15-36-19-11-21(12-19)38-20-7-8-26(30)25(13-20)29(32,33)34/h7-10,13-14,19,21,36H,11-12,15-16H2,1-6H3. The summed E-state index contributed by atoms with van der Waals surface area (Å²) >= 11 is 0. The zero-order chi connectivity index (χ0) is 28.8. The number of nitrogens with zero attached hydrogens (tertiary/aromatic N) is 1. The normalized spacial score (nSPS) is 18.3. The minimum absolute atomic E-state index is 0.0107. The number of pyridine rings is 1. The third kappa shape index (κ3) is 6.61. The smallest absolute Gasteiger partial charge is 0.419 e. The van der Waals surface area contributed by atoms with Gasteiger partial charge >= 0.3 is 6.18 Å². The van der Waals surface area contributed by atoms with Gasteiger partial charge < -0.3 is 14.5 Å². The number of rotatable bonds is 8. The highest BCUT2D eigenvalue weighted by Crippen LogP contribution is 2.38. The molecule has 0 spiro atoms. The molecule has 1 N–H and O–H groups in total. The molecule has 0 amide bonds. The van der Waals surface area contributed by atoms with E-state index in [-0.39, 0.29) is 35.3 Å². The van der Waals surface area contributed by atoms with Gasteiger partial charge in [-0.05, 0) is 79.2 Å². The number of alkyl halides is 3. The maximum atomic E-state index is 15.4. The van der Waals surface area contributed by atoms with E-state index >= 15 is 4.39 Å². The summed E-state index contributed by atoms with van der Waals surface area (Å²) in [5.41, 5.74) is 0.724. The largest absolute Gasteiger partial charge is 0.490 e. The first-order valence-electron chi connectivity index (χ1n) is 13.0. The molecule has 39 heavy (non-hydrogen) atoms. The number of aryl methyl sites for hydroxylation is 1. The van der Waals surface area contributed by atoms with Crippen molar-refractivity contribution in [1.82, 2.24) is 10.3 Å². The van der Waals surface area contributed by atoms with E-state index in [9.17, 15) is 17.6 Å². The zero-order valence-electron chi connectivity index (χ0n) is 23.1. The number of benzene rings is 2. The predicted octanol–water partition coefficient (Wildman–Crippen LogP) is 8.06. The van der Waals surface area contributed by atoms with E-state index in [1.54, 1.807) is 6.20 Å². The average Bonchev–Trinajstić information content (AvgIpc) is 2.79. The molecule has 1 aliphatic carbocycles. The van der Waals surface area contributed by atoms with E-state index in [2.05, 4.69) is 44.2 Å².